The van der Waals surface area contributed by atoms with Crippen molar-refractivity contribution in [2.45, 2.75) is 32.4 Å². The van der Waals surface area contributed by atoms with Crippen molar-refractivity contribution in [3.8, 4) is 0 Å². The predicted molar refractivity (Wildman–Crippen MR) is 84.0 cm³/mol. The summed E-state index contributed by atoms with van der Waals surface area (Å²) in [6.45, 7) is 5.35. The maximum Gasteiger partial charge on any atom is 0.0796 e. The Morgan fingerprint density at radius 1 is 1.15 bits per heavy atom. The Kier molecular flexibility index (Phi) is 3.77. The van der Waals surface area contributed by atoms with E-state index in [2.05, 4.69) is 55.6 Å². The minimum atomic E-state index is 0.262. The van der Waals surface area contributed by atoms with Gasteiger partial charge in [0.15, 0.2) is 0 Å². The monoisotopic (exact) mass is 269 g/mol. The maximum absolute atomic E-state index is 5.99. The number of nitrogens with one attached hydrogen (secondary N) is 1. The average Bonchev–Trinajstić information content (AvgIpc) is 2.89. The van der Waals surface area contributed by atoms with Crippen molar-refractivity contribution in [2.24, 2.45) is 5.92 Å². The molecule has 3 rings (SSSR count). The van der Waals surface area contributed by atoms with Crippen LogP contribution in [0.5, 0.6) is 0 Å². The van der Waals surface area contributed by atoms with Crippen molar-refractivity contribution in [3.63, 3.8) is 0 Å². The first-order valence-corrected chi connectivity index (χ1v) is 7.49. The van der Waals surface area contributed by atoms with Gasteiger partial charge in [0, 0.05) is 6.61 Å². The topological polar surface area (TPSA) is 21.3 Å². The van der Waals surface area contributed by atoms with Crippen LogP contribution in [0.15, 0.2) is 36.4 Å². The Morgan fingerprint density at radius 2 is 1.90 bits per heavy atom. The Bertz CT molecular complexity index is 607. The molecular formula is C18H23NO. The zero-order valence-electron chi connectivity index (χ0n) is 12.5. The largest absolute Gasteiger partial charge is 0.376 e. The van der Waals surface area contributed by atoms with Crippen LogP contribution in [0.2, 0.25) is 0 Å². The second-order valence-electron chi connectivity index (χ2n) is 5.88. The summed E-state index contributed by atoms with van der Waals surface area (Å²) in [5.74, 6) is 0.604. The predicted octanol–water partition coefficient (Wildman–Crippen LogP) is 3.83. The minimum Gasteiger partial charge on any atom is -0.376 e. The van der Waals surface area contributed by atoms with E-state index in [1.165, 1.54) is 21.9 Å². The Balaban J connectivity index is 2.10. The minimum absolute atomic E-state index is 0.262. The van der Waals surface area contributed by atoms with E-state index in [1.807, 2.05) is 7.05 Å². The molecule has 2 aromatic rings. The molecule has 1 aliphatic rings. The third-order valence-corrected chi connectivity index (χ3v) is 4.59. The highest BCUT2D eigenvalue weighted by molar-refractivity contribution is 5.89. The fraction of sp³-hybridized carbons (Fsp3) is 0.444. The summed E-state index contributed by atoms with van der Waals surface area (Å²) in [5, 5.41) is 6.16. The molecule has 1 fully saturated rings. The molecule has 1 N–H and O–H groups in total. The van der Waals surface area contributed by atoms with Crippen LogP contribution in [-0.2, 0) is 4.74 Å². The molecule has 0 bridgehead atoms. The van der Waals surface area contributed by atoms with Crippen LogP contribution >= 0.6 is 0 Å². The van der Waals surface area contributed by atoms with Crippen molar-refractivity contribution >= 4 is 10.8 Å². The van der Waals surface area contributed by atoms with Gasteiger partial charge in [0.1, 0.15) is 0 Å². The highest BCUT2D eigenvalue weighted by atomic mass is 16.5. The lowest BCUT2D eigenvalue weighted by Gasteiger charge is -2.27. The van der Waals surface area contributed by atoms with Crippen molar-refractivity contribution in [1.82, 2.24) is 5.32 Å². The summed E-state index contributed by atoms with van der Waals surface area (Å²) in [7, 11) is 2.04. The van der Waals surface area contributed by atoms with Gasteiger partial charge in [0.05, 0.1) is 12.1 Å². The maximum atomic E-state index is 5.99. The van der Waals surface area contributed by atoms with E-state index < -0.39 is 0 Å². The van der Waals surface area contributed by atoms with Crippen LogP contribution in [0.4, 0.5) is 0 Å². The Hall–Kier alpha value is -1.38. The Morgan fingerprint density at radius 3 is 2.55 bits per heavy atom. The van der Waals surface area contributed by atoms with E-state index in [1.54, 1.807) is 0 Å². The number of fused-ring (bicyclic) bond motifs is 1. The zero-order valence-corrected chi connectivity index (χ0v) is 12.5. The van der Waals surface area contributed by atoms with Crippen LogP contribution < -0.4 is 5.32 Å². The SMILES string of the molecule is CNC(c1ccc(C)c2ccccc12)C1OCCC1C. The average molecular weight is 269 g/mol. The number of hydrogen-bond donors (Lipinski definition) is 1. The lowest BCUT2D eigenvalue weighted by atomic mass is 9.88. The standard InChI is InChI=1S/C18H23NO/c1-12-8-9-16(15-7-5-4-6-14(12)15)17(19-3)18-13(2)10-11-20-18/h4-9,13,17-19H,10-11H2,1-3H3. The lowest BCUT2D eigenvalue weighted by Crippen LogP contribution is -2.32. The number of ether oxygens (including phenoxy) is 1. The number of hydrogen-bond acceptors (Lipinski definition) is 2. The van der Waals surface area contributed by atoms with Crippen LogP contribution in [0, 0.1) is 12.8 Å². The molecule has 0 radical (unpaired) electrons. The molecular weight excluding hydrogens is 246 g/mol. The first-order chi connectivity index (χ1) is 9.72. The molecule has 0 saturated carbocycles. The van der Waals surface area contributed by atoms with Crippen LogP contribution in [0.3, 0.4) is 0 Å². The fourth-order valence-corrected chi connectivity index (χ4v) is 3.38. The van der Waals surface area contributed by atoms with Gasteiger partial charge < -0.3 is 10.1 Å². The van der Waals surface area contributed by atoms with Gasteiger partial charge in [0.2, 0.25) is 0 Å². The third kappa shape index (κ3) is 2.23. The molecule has 0 aromatic heterocycles. The molecule has 106 valence electrons. The normalized spacial score (nSPS) is 24.1. The zero-order chi connectivity index (χ0) is 14.1. The van der Waals surface area contributed by atoms with Crippen LogP contribution in [0.1, 0.15) is 30.5 Å². The van der Waals surface area contributed by atoms with Gasteiger partial charge in [-0.05, 0) is 48.2 Å². The summed E-state index contributed by atoms with van der Waals surface area (Å²) in [5.41, 5.74) is 2.69. The van der Waals surface area contributed by atoms with Gasteiger partial charge in [-0.2, -0.15) is 0 Å². The van der Waals surface area contributed by atoms with E-state index in [9.17, 15) is 0 Å². The molecule has 1 heterocycles. The molecule has 3 unspecified atom stereocenters. The first kappa shape index (κ1) is 13.6. The molecule has 3 atom stereocenters. The second kappa shape index (κ2) is 5.55. The molecule has 1 aliphatic heterocycles. The van der Waals surface area contributed by atoms with Gasteiger partial charge in [-0.3, -0.25) is 0 Å². The van der Waals surface area contributed by atoms with Crippen molar-refractivity contribution < 1.29 is 4.74 Å². The van der Waals surface area contributed by atoms with E-state index >= 15 is 0 Å². The van der Waals surface area contributed by atoms with Crippen LogP contribution in [0.25, 0.3) is 10.8 Å². The van der Waals surface area contributed by atoms with Gasteiger partial charge in [-0.25, -0.2) is 0 Å². The lowest BCUT2D eigenvalue weighted by molar-refractivity contribution is 0.0635. The van der Waals surface area contributed by atoms with Crippen molar-refractivity contribution in [1.29, 1.82) is 0 Å². The van der Waals surface area contributed by atoms with Gasteiger partial charge in [-0.1, -0.05) is 43.3 Å². The fourth-order valence-electron chi connectivity index (χ4n) is 3.38. The summed E-state index contributed by atoms with van der Waals surface area (Å²) in [6.07, 6.45) is 1.43. The molecule has 2 nitrogen and oxygen atoms in total. The second-order valence-corrected chi connectivity index (χ2v) is 5.88. The molecule has 0 spiro atoms. The van der Waals surface area contributed by atoms with Gasteiger partial charge in [-0.15, -0.1) is 0 Å². The molecule has 2 heteroatoms. The molecule has 2 aromatic carbocycles. The molecule has 1 saturated heterocycles. The van der Waals surface area contributed by atoms with Gasteiger partial charge >= 0.3 is 0 Å². The summed E-state index contributed by atoms with van der Waals surface area (Å²) >= 11 is 0. The van der Waals surface area contributed by atoms with Gasteiger partial charge in [0.25, 0.3) is 0 Å². The summed E-state index contributed by atoms with van der Waals surface area (Å²) in [4.78, 5) is 0. The molecule has 0 aliphatic carbocycles. The highest BCUT2D eigenvalue weighted by Crippen LogP contribution is 2.35. The highest BCUT2D eigenvalue weighted by Gasteiger charge is 2.32. The molecule has 0 amide bonds. The first-order valence-electron chi connectivity index (χ1n) is 7.49. The molecule has 20 heavy (non-hydrogen) atoms. The Labute approximate surface area is 121 Å². The summed E-state index contributed by atoms with van der Waals surface area (Å²) in [6, 6.07) is 13.4. The third-order valence-electron chi connectivity index (χ3n) is 4.59. The smallest absolute Gasteiger partial charge is 0.0796 e. The van der Waals surface area contributed by atoms with E-state index in [0.29, 0.717) is 5.92 Å². The van der Waals surface area contributed by atoms with E-state index in [4.69, 9.17) is 4.74 Å². The quantitative estimate of drug-likeness (QED) is 0.914. The number of rotatable bonds is 3. The number of aryl methyl sites for hydroxylation is 1. The summed E-state index contributed by atoms with van der Waals surface area (Å²) < 4.78 is 5.99. The van der Waals surface area contributed by atoms with E-state index in [0.717, 1.165) is 13.0 Å². The van der Waals surface area contributed by atoms with Crippen molar-refractivity contribution in [3.05, 3.63) is 47.5 Å². The van der Waals surface area contributed by atoms with Crippen LogP contribution in [-0.4, -0.2) is 19.8 Å². The number of likely N-dealkylation sites (N-methyl/N-ethyl adjacent to an activating group) is 1. The number of benzene rings is 2. The van der Waals surface area contributed by atoms with Crippen molar-refractivity contribution in [2.75, 3.05) is 13.7 Å². The van der Waals surface area contributed by atoms with E-state index in [-0.39, 0.29) is 12.1 Å².